The van der Waals surface area contributed by atoms with Crippen LogP contribution >= 0.6 is 0 Å². The molecular formula is C22H46ClN. The molecule has 0 amide bonds. The van der Waals surface area contributed by atoms with Crippen molar-refractivity contribution in [2.75, 3.05) is 27.2 Å². The van der Waals surface area contributed by atoms with Crippen molar-refractivity contribution in [1.82, 2.24) is 0 Å². The summed E-state index contributed by atoms with van der Waals surface area (Å²) in [5.41, 5.74) is 0. The second-order valence-corrected chi connectivity index (χ2v) is 8.08. The van der Waals surface area contributed by atoms with E-state index < -0.39 is 0 Å². The largest absolute Gasteiger partial charge is 1.00 e. The summed E-state index contributed by atoms with van der Waals surface area (Å²) in [5.74, 6) is 0. The number of rotatable bonds is 18. The van der Waals surface area contributed by atoms with Crippen molar-refractivity contribution >= 4 is 0 Å². The molecule has 24 heavy (non-hydrogen) atoms. The van der Waals surface area contributed by atoms with E-state index in [4.69, 9.17) is 0 Å². The number of unbranched alkanes of at least 4 members (excludes halogenated alkanes) is 14. The van der Waals surface area contributed by atoms with Crippen LogP contribution in [0.3, 0.4) is 0 Å². The minimum Gasteiger partial charge on any atom is -1.00 e. The van der Waals surface area contributed by atoms with Gasteiger partial charge in [0.15, 0.2) is 0 Å². The van der Waals surface area contributed by atoms with Gasteiger partial charge in [-0.1, -0.05) is 97.0 Å². The van der Waals surface area contributed by atoms with Crippen LogP contribution in [0.15, 0.2) is 12.7 Å². The van der Waals surface area contributed by atoms with Gasteiger partial charge in [0.25, 0.3) is 0 Å². The molecule has 0 aliphatic carbocycles. The molecule has 1 nitrogen and oxygen atoms in total. The molecule has 0 rings (SSSR count). The molecule has 0 N–H and O–H groups in total. The fourth-order valence-electron chi connectivity index (χ4n) is 3.35. The van der Waals surface area contributed by atoms with Crippen LogP contribution < -0.4 is 12.4 Å². The topological polar surface area (TPSA) is 0 Å². The first kappa shape index (κ1) is 26.2. The van der Waals surface area contributed by atoms with Gasteiger partial charge in [0.2, 0.25) is 0 Å². The van der Waals surface area contributed by atoms with Gasteiger partial charge in [0.1, 0.15) is 0 Å². The lowest BCUT2D eigenvalue weighted by atomic mass is 10.0. The van der Waals surface area contributed by atoms with E-state index in [1.54, 1.807) is 0 Å². The average Bonchev–Trinajstić information content (AvgIpc) is 2.51. The Balaban J connectivity index is 0. The van der Waals surface area contributed by atoms with Crippen molar-refractivity contribution in [2.45, 2.75) is 103 Å². The van der Waals surface area contributed by atoms with Crippen LogP contribution in [0.1, 0.15) is 103 Å². The van der Waals surface area contributed by atoms with Crippen LogP contribution in [-0.4, -0.2) is 31.7 Å². The Morgan fingerprint density at radius 1 is 0.625 bits per heavy atom. The maximum Gasteiger partial charge on any atom is 0.0966 e. The summed E-state index contributed by atoms with van der Waals surface area (Å²) in [5, 5.41) is 0. The second kappa shape index (κ2) is 19.3. The molecule has 0 saturated heterocycles. The predicted octanol–water partition coefficient (Wildman–Crippen LogP) is 4.12. The van der Waals surface area contributed by atoms with Gasteiger partial charge in [-0.05, 0) is 18.9 Å². The van der Waals surface area contributed by atoms with E-state index in [1.165, 1.54) is 103 Å². The van der Waals surface area contributed by atoms with Crippen molar-refractivity contribution in [3.8, 4) is 0 Å². The number of hydrogen-bond acceptors (Lipinski definition) is 0. The van der Waals surface area contributed by atoms with Gasteiger partial charge in [0.05, 0.1) is 27.2 Å². The van der Waals surface area contributed by atoms with Crippen molar-refractivity contribution in [3.05, 3.63) is 12.7 Å². The zero-order valence-corrected chi connectivity index (χ0v) is 17.9. The third-order valence-electron chi connectivity index (χ3n) is 4.99. The zero-order chi connectivity index (χ0) is 17.2. The summed E-state index contributed by atoms with van der Waals surface area (Å²) < 4.78 is 1.10. The van der Waals surface area contributed by atoms with E-state index in [0.29, 0.717) is 0 Å². The van der Waals surface area contributed by atoms with Gasteiger partial charge in [-0.2, -0.15) is 0 Å². The summed E-state index contributed by atoms with van der Waals surface area (Å²) in [6.07, 6.45) is 23.7. The molecule has 0 unspecified atom stereocenters. The lowest BCUT2D eigenvalue weighted by Gasteiger charge is -2.28. The zero-order valence-electron chi connectivity index (χ0n) is 17.1. The van der Waals surface area contributed by atoms with Crippen molar-refractivity contribution in [3.63, 3.8) is 0 Å². The Bertz CT molecular complexity index is 250. The monoisotopic (exact) mass is 359 g/mol. The summed E-state index contributed by atoms with van der Waals surface area (Å²) in [6.45, 7) is 8.54. The smallest absolute Gasteiger partial charge is 0.0966 e. The molecule has 0 fully saturated rings. The van der Waals surface area contributed by atoms with Crippen molar-refractivity contribution in [2.24, 2.45) is 0 Å². The molecule has 0 aromatic heterocycles. The van der Waals surface area contributed by atoms with Gasteiger partial charge in [-0.15, -0.1) is 0 Å². The molecule has 0 heterocycles. The van der Waals surface area contributed by atoms with E-state index in [-0.39, 0.29) is 12.4 Å². The molecular weight excluding hydrogens is 314 g/mol. The minimum absolute atomic E-state index is 0. The highest BCUT2D eigenvalue weighted by Crippen LogP contribution is 2.13. The highest BCUT2D eigenvalue weighted by atomic mass is 35.5. The lowest BCUT2D eigenvalue weighted by Crippen LogP contribution is -3.00. The minimum atomic E-state index is 0. The first-order valence-corrected chi connectivity index (χ1v) is 10.6. The summed E-state index contributed by atoms with van der Waals surface area (Å²) >= 11 is 0. The Labute approximate surface area is 160 Å². The Morgan fingerprint density at radius 3 is 1.29 bits per heavy atom. The molecule has 0 spiro atoms. The first-order valence-electron chi connectivity index (χ1n) is 10.6. The fraction of sp³-hybridized carbons (Fsp3) is 0.909. The highest BCUT2D eigenvalue weighted by molar-refractivity contribution is 4.64. The van der Waals surface area contributed by atoms with Gasteiger partial charge in [-0.3, -0.25) is 0 Å². The van der Waals surface area contributed by atoms with Crippen LogP contribution in [0.2, 0.25) is 0 Å². The SMILES string of the molecule is C=CC[N+](C)(C)CCCCCCCCCCCCCCCCC.[Cl-]. The number of likely N-dealkylation sites (N-methyl/N-ethyl adjacent to an activating group) is 1. The predicted molar refractivity (Wildman–Crippen MR) is 107 cm³/mol. The highest BCUT2D eigenvalue weighted by Gasteiger charge is 2.10. The van der Waals surface area contributed by atoms with E-state index in [1.807, 2.05) is 6.08 Å². The van der Waals surface area contributed by atoms with Gasteiger partial charge < -0.3 is 16.9 Å². The van der Waals surface area contributed by atoms with E-state index in [2.05, 4.69) is 27.6 Å². The molecule has 2 heteroatoms. The second-order valence-electron chi connectivity index (χ2n) is 8.08. The number of hydrogen-bond donors (Lipinski definition) is 0. The maximum absolute atomic E-state index is 3.85. The van der Waals surface area contributed by atoms with Gasteiger partial charge >= 0.3 is 0 Å². The number of halogens is 1. The third-order valence-corrected chi connectivity index (χ3v) is 4.99. The van der Waals surface area contributed by atoms with Crippen LogP contribution in [0, 0.1) is 0 Å². The molecule has 146 valence electrons. The molecule has 0 saturated carbocycles. The van der Waals surface area contributed by atoms with E-state index in [0.717, 1.165) is 11.0 Å². The summed E-state index contributed by atoms with van der Waals surface area (Å²) in [4.78, 5) is 0. The molecule has 0 aliphatic heterocycles. The van der Waals surface area contributed by atoms with Crippen molar-refractivity contribution < 1.29 is 16.9 Å². The van der Waals surface area contributed by atoms with Crippen LogP contribution in [0.5, 0.6) is 0 Å². The quantitative estimate of drug-likeness (QED) is 0.196. The summed E-state index contributed by atoms with van der Waals surface area (Å²) in [7, 11) is 4.62. The molecule has 0 aliphatic rings. The molecule has 0 aromatic carbocycles. The average molecular weight is 360 g/mol. The lowest BCUT2D eigenvalue weighted by molar-refractivity contribution is -0.884. The van der Waals surface area contributed by atoms with Crippen LogP contribution in [-0.2, 0) is 0 Å². The van der Waals surface area contributed by atoms with E-state index in [9.17, 15) is 0 Å². The van der Waals surface area contributed by atoms with Crippen LogP contribution in [0.25, 0.3) is 0 Å². The van der Waals surface area contributed by atoms with Gasteiger partial charge in [0, 0.05) is 0 Å². The summed E-state index contributed by atoms with van der Waals surface area (Å²) in [6, 6.07) is 0. The number of nitrogens with zero attached hydrogens (tertiary/aromatic N) is 1. The Morgan fingerprint density at radius 2 is 0.958 bits per heavy atom. The Kier molecular flexibility index (Phi) is 21.1. The van der Waals surface area contributed by atoms with E-state index >= 15 is 0 Å². The Hall–Kier alpha value is -0.0100. The molecule has 0 radical (unpaired) electrons. The molecule has 0 aromatic rings. The molecule has 0 bridgehead atoms. The standard InChI is InChI=1S/C22H46N.ClH/c1-5-7-8-9-10-11-12-13-14-15-16-17-18-19-20-22-23(3,4)21-6-2;/h6H,2,5,7-22H2,1,3-4H3;1H/q+1;/p-1. The maximum atomic E-state index is 3.85. The van der Waals surface area contributed by atoms with Crippen LogP contribution in [0.4, 0.5) is 0 Å². The van der Waals surface area contributed by atoms with Gasteiger partial charge in [-0.25, -0.2) is 0 Å². The molecule has 0 atom stereocenters. The fourth-order valence-corrected chi connectivity index (χ4v) is 3.35. The first-order chi connectivity index (χ1) is 11.1. The van der Waals surface area contributed by atoms with Crippen molar-refractivity contribution in [1.29, 1.82) is 0 Å². The number of quaternary nitrogens is 1. The normalized spacial score (nSPS) is 11.3. The third kappa shape index (κ3) is 20.0.